The van der Waals surface area contributed by atoms with E-state index in [-0.39, 0.29) is 0 Å². The maximum Gasteiger partial charge on any atom is 0.265 e. The van der Waals surface area contributed by atoms with Crippen LogP contribution in [0.25, 0.3) is 32.8 Å². The Morgan fingerprint density at radius 1 is 0.931 bits per heavy atom. The van der Waals surface area contributed by atoms with E-state index in [2.05, 4.69) is 61.0 Å². The Labute approximate surface area is 166 Å². The lowest BCUT2D eigenvalue weighted by Crippen LogP contribution is -2.04. The summed E-state index contributed by atoms with van der Waals surface area (Å²) in [6.45, 7) is 2.00. The number of anilines is 1. The molecule has 0 amide bonds. The molecule has 0 fully saturated rings. The fourth-order valence-corrected chi connectivity index (χ4v) is 4.32. The molecule has 0 aliphatic heterocycles. The zero-order valence-corrected chi connectivity index (χ0v) is 15.9. The van der Waals surface area contributed by atoms with Crippen molar-refractivity contribution in [2.24, 2.45) is 5.10 Å². The van der Waals surface area contributed by atoms with Crippen molar-refractivity contribution in [1.82, 2.24) is 20.2 Å². The van der Waals surface area contributed by atoms with Gasteiger partial charge in [-0.05, 0) is 47.7 Å². The molecule has 0 bridgehead atoms. The standard InChI is InChI=1S/C23H18N6/c1-13(16-12-11-15-10-9-14-5-4-7-17(16)20(14)15)26-28-23-25-22-21(27-29-23)18-6-2-3-8-19(18)24-22/h2-8,11-12H,9-10H2,1H3,(H2,24,25,28,29)/b26-13+. The van der Waals surface area contributed by atoms with Crippen LogP contribution in [0.15, 0.2) is 59.7 Å². The fraction of sp³-hybridized carbons (Fsp3) is 0.130. The van der Waals surface area contributed by atoms with Gasteiger partial charge < -0.3 is 4.98 Å². The minimum Gasteiger partial charge on any atom is -0.338 e. The van der Waals surface area contributed by atoms with Crippen molar-refractivity contribution in [3.8, 4) is 0 Å². The van der Waals surface area contributed by atoms with Crippen molar-refractivity contribution in [3.05, 3.63) is 71.3 Å². The summed E-state index contributed by atoms with van der Waals surface area (Å²) in [7, 11) is 0. The summed E-state index contributed by atoms with van der Waals surface area (Å²) in [6.07, 6.45) is 2.24. The minimum absolute atomic E-state index is 0.370. The first-order valence-corrected chi connectivity index (χ1v) is 9.73. The van der Waals surface area contributed by atoms with E-state index in [1.54, 1.807) is 0 Å². The first-order chi connectivity index (χ1) is 14.3. The molecule has 6 nitrogen and oxygen atoms in total. The lowest BCUT2D eigenvalue weighted by molar-refractivity contribution is 1.01. The molecule has 0 atom stereocenters. The Bertz CT molecular complexity index is 1440. The molecule has 2 N–H and O–H groups in total. The van der Waals surface area contributed by atoms with Crippen LogP contribution in [0.4, 0.5) is 5.95 Å². The van der Waals surface area contributed by atoms with E-state index in [0.717, 1.165) is 40.5 Å². The normalized spacial score (nSPS) is 13.6. The third-order valence-electron chi connectivity index (χ3n) is 5.71. The highest BCUT2D eigenvalue weighted by atomic mass is 15.4. The number of H-pyrrole nitrogens is 1. The fourth-order valence-electron chi connectivity index (χ4n) is 4.32. The maximum atomic E-state index is 4.54. The number of benzene rings is 3. The van der Waals surface area contributed by atoms with Gasteiger partial charge in [-0.1, -0.05) is 48.5 Å². The summed E-state index contributed by atoms with van der Waals surface area (Å²) < 4.78 is 0. The number of hydrazone groups is 1. The quantitative estimate of drug-likeness (QED) is 0.355. The summed E-state index contributed by atoms with van der Waals surface area (Å²) in [5, 5.41) is 16.7. The molecule has 140 valence electrons. The summed E-state index contributed by atoms with van der Waals surface area (Å²) in [5.41, 5.74) is 10.3. The van der Waals surface area contributed by atoms with Crippen LogP contribution in [-0.4, -0.2) is 25.9 Å². The van der Waals surface area contributed by atoms with Gasteiger partial charge in [-0.2, -0.15) is 10.1 Å². The van der Waals surface area contributed by atoms with Gasteiger partial charge in [-0.3, -0.25) is 0 Å². The molecule has 5 aromatic rings. The summed E-state index contributed by atoms with van der Waals surface area (Å²) in [6, 6.07) is 18.9. The SMILES string of the molecule is C/C(=N\Nc1nnc2c(n1)[nH]c1ccccc12)c1ccc2c3c(cccc13)CC2. The van der Waals surface area contributed by atoms with Crippen LogP contribution in [0, 0.1) is 0 Å². The predicted octanol–water partition coefficient (Wildman–Crippen LogP) is 4.59. The van der Waals surface area contributed by atoms with Gasteiger partial charge in [-0.25, -0.2) is 5.43 Å². The monoisotopic (exact) mass is 378 g/mol. The van der Waals surface area contributed by atoms with Crippen LogP contribution >= 0.6 is 0 Å². The molecule has 1 aliphatic carbocycles. The lowest BCUT2D eigenvalue weighted by Gasteiger charge is -2.09. The number of aromatic nitrogens is 4. The molecule has 0 radical (unpaired) electrons. The Morgan fingerprint density at radius 3 is 2.69 bits per heavy atom. The van der Waals surface area contributed by atoms with E-state index < -0.39 is 0 Å². The number of aromatic amines is 1. The number of hydrogen-bond donors (Lipinski definition) is 2. The molecular formula is C23H18N6. The van der Waals surface area contributed by atoms with Crippen LogP contribution < -0.4 is 5.43 Å². The molecule has 3 aromatic carbocycles. The van der Waals surface area contributed by atoms with Gasteiger partial charge in [0.25, 0.3) is 5.95 Å². The Hall–Kier alpha value is -3.80. The highest BCUT2D eigenvalue weighted by Gasteiger charge is 2.16. The van der Waals surface area contributed by atoms with Crippen molar-refractivity contribution < 1.29 is 0 Å². The number of aryl methyl sites for hydroxylation is 2. The number of rotatable bonds is 3. The van der Waals surface area contributed by atoms with Gasteiger partial charge >= 0.3 is 0 Å². The van der Waals surface area contributed by atoms with E-state index in [1.165, 1.54) is 21.9 Å². The summed E-state index contributed by atoms with van der Waals surface area (Å²) in [5.74, 6) is 0.370. The third-order valence-corrected chi connectivity index (χ3v) is 5.71. The number of para-hydroxylation sites is 1. The zero-order chi connectivity index (χ0) is 19.4. The number of nitrogens with one attached hydrogen (secondary N) is 2. The average molecular weight is 378 g/mol. The van der Waals surface area contributed by atoms with E-state index in [9.17, 15) is 0 Å². The van der Waals surface area contributed by atoms with Gasteiger partial charge in [-0.15, -0.1) is 10.2 Å². The summed E-state index contributed by atoms with van der Waals surface area (Å²) >= 11 is 0. The highest BCUT2D eigenvalue weighted by Crippen LogP contribution is 2.33. The smallest absolute Gasteiger partial charge is 0.265 e. The van der Waals surface area contributed by atoms with Gasteiger partial charge in [0.05, 0.1) is 5.71 Å². The molecule has 29 heavy (non-hydrogen) atoms. The molecule has 0 spiro atoms. The Morgan fingerprint density at radius 2 is 1.76 bits per heavy atom. The van der Waals surface area contributed by atoms with E-state index >= 15 is 0 Å². The first kappa shape index (κ1) is 16.2. The zero-order valence-electron chi connectivity index (χ0n) is 15.9. The average Bonchev–Trinajstić information content (AvgIpc) is 3.34. The molecule has 1 aliphatic rings. The largest absolute Gasteiger partial charge is 0.338 e. The molecule has 0 saturated heterocycles. The van der Waals surface area contributed by atoms with Crippen LogP contribution in [0.5, 0.6) is 0 Å². The molecule has 6 heteroatoms. The first-order valence-electron chi connectivity index (χ1n) is 9.73. The van der Waals surface area contributed by atoms with Crippen molar-refractivity contribution in [2.45, 2.75) is 19.8 Å². The second kappa shape index (κ2) is 6.10. The predicted molar refractivity (Wildman–Crippen MR) is 116 cm³/mol. The number of nitrogens with zero attached hydrogens (tertiary/aromatic N) is 4. The molecule has 0 saturated carbocycles. The number of hydrogen-bond acceptors (Lipinski definition) is 5. The van der Waals surface area contributed by atoms with Crippen LogP contribution in [-0.2, 0) is 12.8 Å². The maximum absolute atomic E-state index is 4.54. The summed E-state index contributed by atoms with van der Waals surface area (Å²) in [4.78, 5) is 7.81. The van der Waals surface area contributed by atoms with E-state index in [1.807, 2.05) is 31.2 Å². The van der Waals surface area contributed by atoms with Crippen molar-refractivity contribution >= 4 is 44.5 Å². The molecule has 2 aromatic heterocycles. The van der Waals surface area contributed by atoms with E-state index in [0.29, 0.717) is 11.6 Å². The molecule has 6 rings (SSSR count). The molecule has 2 heterocycles. The van der Waals surface area contributed by atoms with Crippen LogP contribution in [0.2, 0.25) is 0 Å². The Kier molecular flexibility index (Phi) is 3.41. The van der Waals surface area contributed by atoms with Crippen molar-refractivity contribution in [1.29, 1.82) is 0 Å². The van der Waals surface area contributed by atoms with Gasteiger partial charge in [0.1, 0.15) is 5.52 Å². The second-order valence-corrected chi connectivity index (χ2v) is 7.42. The molecule has 0 unspecified atom stereocenters. The van der Waals surface area contributed by atoms with Gasteiger partial charge in [0, 0.05) is 16.5 Å². The molecular weight excluding hydrogens is 360 g/mol. The highest BCUT2D eigenvalue weighted by molar-refractivity contribution is 6.11. The topological polar surface area (TPSA) is 78.8 Å². The van der Waals surface area contributed by atoms with Crippen molar-refractivity contribution in [3.63, 3.8) is 0 Å². The Balaban J connectivity index is 1.37. The number of fused-ring (bicyclic) bond motifs is 3. The second-order valence-electron chi connectivity index (χ2n) is 7.42. The van der Waals surface area contributed by atoms with Crippen molar-refractivity contribution in [2.75, 3.05) is 5.43 Å². The van der Waals surface area contributed by atoms with Crippen LogP contribution in [0.1, 0.15) is 23.6 Å². The third kappa shape index (κ3) is 2.49. The lowest BCUT2D eigenvalue weighted by atomic mass is 9.98. The van der Waals surface area contributed by atoms with Gasteiger partial charge in [0.2, 0.25) is 0 Å². The minimum atomic E-state index is 0.370. The van der Waals surface area contributed by atoms with Gasteiger partial charge in [0.15, 0.2) is 5.65 Å². The van der Waals surface area contributed by atoms with E-state index in [4.69, 9.17) is 0 Å². The van der Waals surface area contributed by atoms with Crippen LogP contribution in [0.3, 0.4) is 0 Å².